The van der Waals surface area contributed by atoms with Crippen LogP contribution >= 0.6 is 11.3 Å². The molecule has 1 aliphatic heterocycles. The van der Waals surface area contributed by atoms with Crippen LogP contribution in [0, 0.1) is 0 Å². The van der Waals surface area contributed by atoms with Crippen molar-refractivity contribution in [1.29, 1.82) is 0 Å². The average molecular weight is 334 g/mol. The van der Waals surface area contributed by atoms with E-state index in [1.54, 1.807) is 18.4 Å². The van der Waals surface area contributed by atoms with E-state index < -0.39 is 12.2 Å². The molecule has 1 aromatic heterocycles. The van der Waals surface area contributed by atoms with Gasteiger partial charge >= 0.3 is 6.18 Å². The van der Waals surface area contributed by atoms with Crippen LogP contribution < -0.4 is 5.32 Å². The number of piperazine rings is 1. The van der Waals surface area contributed by atoms with Gasteiger partial charge in [0.1, 0.15) is 6.04 Å². The Hall–Kier alpha value is -1.28. The first-order valence-electron chi connectivity index (χ1n) is 7.19. The summed E-state index contributed by atoms with van der Waals surface area (Å²) in [5, 5.41) is 7.33. The zero-order chi connectivity index (χ0) is 16.2. The number of hydrogen-bond donors (Lipinski definition) is 1. The Morgan fingerprint density at radius 2 is 2.05 bits per heavy atom. The van der Waals surface area contributed by atoms with Gasteiger partial charge in [0.05, 0.1) is 0 Å². The normalized spacial score (nSPS) is 19.3. The first-order valence-corrected chi connectivity index (χ1v) is 8.13. The van der Waals surface area contributed by atoms with Crippen LogP contribution in [0.25, 0.3) is 0 Å². The molecule has 1 saturated heterocycles. The second-order valence-electron chi connectivity index (χ2n) is 5.27. The van der Waals surface area contributed by atoms with Crippen molar-refractivity contribution >= 4 is 17.3 Å². The van der Waals surface area contributed by atoms with Gasteiger partial charge in [-0.2, -0.15) is 24.5 Å². The van der Waals surface area contributed by atoms with Gasteiger partial charge in [-0.3, -0.25) is 9.89 Å². The number of aliphatic imine (C=N–C) groups is 1. The quantitative estimate of drug-likeness (QED) is 0.680. The lowest BCUT2D eigenvalue weighted by Gasteiger charge is -2.39. The molecule has 4 nitrogen and oxygen atoms in total. The molecular weight excluding hydrogens is 313 g/mol. The molecule has 2 heterocycles. The first kappa shape index (κ1) is 17.1. The molecule has 124 valence electrons. The second-order valence-corrected chi connectivity index (χ2v) is 6.05. The molecule has 0 amide bonds. The van der Waals surface area contributed by atoms with Crippen molar-refractivity contribution in [2.24, 2.45) is 4.99 Å². The average Bonchev–Trinajstić information content (AvgIpc) is 3.00. The number of nitrogens with one attached hydrogen (secondary N) is 1. The van der Waals surface area contributed by atoms with Crippen LogP contribution in [0.2, 0.25) is 0 Å². The molecule has 1 fully saturated rings. The fraction of sp³-hybridized carbons (Fsp3) is 0.643. The van der Waals surface area contributed by atoms with E-state index in [0.717, 1.165) is 5.96 Å². The highest BCUT2D eigenvalue weighted by molar-refractivity contribution is 7.07. The molecule has 0 spiro atoms. The fourth-order valence-electron chi connectivity index (χ4n) is 2.43. The van der Waals surface area contributed by atoms with Gasteiger partial charge in [-0.25, -0.2) is 0 Å². The summed E-state index contributed by atoms with van der Waals surface area (Å²) >= 11 is 1.63. The Bertz CT molecular complexity index is 479. The van der Waals surface area contributed by atoms with Crippen LogP contribution in [0.5, 0.6) is 0 Å². The Balaban J connectivity index is 1.84. The van der Waals surface area contributed by atoms with Gasteiger partial charge in [-0.1, -0.05) is 0 Å². The minimum atomic E-state index is -4.17. The van der Waals surface area contributed by atoms with E-state index in [2.05, 4.69) is 15.7 Å². The maximum atomic E-state index is 12.7. The summed E-state index contributed by atoms with van der Waals surface area (Å²) in [6.45, 7) is 3.77. The van der Waals surface area contributed by atoms with Crippen LogP contribution in [0.3, 0.4) is 0 Å². The summed E-state index contributed by atoms with van der Waals surface area (Å²) in [6, 6.07) is 0.642. The summed E-state index contributed by atoms with van der Waals surface area (Å²) in [6.07, 6.45) is -4.17. The van der Waals surface area contributed by atoms with Gasteiger partial charge < -0.3 is 10.2 Å². The van der Waals surface area contributed by atoms with Crippen LogP contribution in [0.4, 0.5) is 13.2 Å². The highest BCUT2D eigenvalue weighted by Gasteiger charge is 2.41. The fourth-order valence-corrected chi connectivity index (χ4v) is 3.10. The van der Waals surface area contributed by atoms with Gasteiger partial charge in [0.25, 0.3) is 0 Å². The summed E-state index contributed by atoms with van der Waals surface area (Å²) < 4.78 is 38.2. The Labute approximate surface area is 132 Å². The van der Waals surface area contributed by atoms with Gasteiger partial charge in [-0.05, 0) is 29.3 Å². The zero-order valence-corrected chi connectivity index (χ0v) is 13.5. The molecular formula is C14H21F3N4S. The Morgan fingerprint density at radius 1 is 1.36 bits per heavy atom. The zero-order valence-electron chi connectivity index (χ0n) is 12.7. The molecule has 1 N–H and O–H groups in total. The Kier molecular flexibility index (Phi) is 5.69. The molecule has 8 heteroatoms. The van der Waals surface area contributed by atoms with E-state index in [1.807, 2.05) is 16.3 Å². The van der Waals surface area contributed by atoms with Crippen molar-refractivity contribution < 1.29 is 13.2 Å². The highest BCUT2D eigenvalue weighted by Crippen LogP contribution is 2.25. The van der Waals surface area contributed by atoms with E-state index >= 15 is 0 Å². The van der Waals surface area contributed by atoms with Gasteiger partial charge in [0.2, 0.25) is 0 Å². The van der Waals surface area contributed by atoms with E-state index in [-0.39, 0.29) is 0 Å². The number of nitrogens with zero attached hydrogens (tertiary/aromatic N) is 3. The largest absolute Gasteiger partial charge is 0.403 e. The van der Waals surface area contributed by atoms with Crippen molar-refractivity contribution in [1.82, 2.24) is 15.1 Å². The summed E-state index contributed by atoms with van der Waals surface area (Å²) in [4.78, 5) is 7.70. The maximum absolute atomic E-state index is 12.7. The van der Waals surface area contributed by atoms with Gasteiger partial charge in [0.15, 0.2) is 5.96 Å². The van der Waals surface area contributed by atoms with Gasteiger partial charge in [-0.15, -0.1) is 0 Å². The lowest BCUT2D eigenvalue weighted by atomic mass is 10.2. The molecule has 0 radical (unpaired) electrons. The van der Waals surface area contributed by atoms with Crippen LogP contribution in [-0.4, -0.2) is 61.2 Å². The lowest BCUT2D eigenvalue weighted by Crippen LogP contribution is -2.56. The topological polar surface area (TPSA) is 30.9 Å². The third-order valence-electron chi connectivity index (χ3n) is 3.88. The number of hydrogen-bond acceptors (Lipinski definition) is 3. The minimum Gasteiger partial charge on any atom is -0.352 e. The second kappa shape index (κ2) is 7.32. The molecule has 1 unspecified atom stereocenters. The minimum absolute atomic E-state index is 0.389. The van der Waals surface area contributed by atoms with Crippen LogP contribution in [0.1, 0.15) is 12.5 Å². The molecule has 22 heavy (non-hydrogen) atoms. The van der Waals surface area contributed by atoms with E-state index in [0.29, 0.717) is 32.7 Å². The molecule has 1 aromatic rings. The summed E-state index contributed by atoms with van der Waals surface area (Å²) in [5.74, 6) is 0.741. The number of halogens is 3. The van der Waals surface area contributed by atoms with Crippen molar-refractivity contribution in [2.75, 3.05) is 33.2 Å². The van der Waals surface area contributed by atoms with E-state index in [4.69, 9.17) is 0 Å². The van der Waals surface area contributed by atoms with E-state index in [1.165, 1.54) is 17.4 Å². The van der Waals surface area contributed by atoms with Crippen molar-refractivity contribution in [2.45, 2.75) is 25.7 Å². The predicted octanol–water partition coefficient (Wildman–Crippen LogP) is 2.39. The SMILES string of the molecule is CN=C(NCc1ccsc1)N1CCN(C(C)C(F)(F)F)CC1. The Morgan fingerprint density at radius 3 is 2.55 bits per heavy atom. The molecule has 0 bridgehead atoms. The predicted molar refractivity (Wildman–Crippen MR) is 83.2 cm³/mol. The summed E-state index contributed by atoms with van der Waals surface area (Å²) in [7, 11) is 1.70. The standard InChI is InChI=1S/C14H21F3N4S/c1-11(14(15,16)17)20-4-6-21(7-5-20)13(18-2)19-9-12-3-8-22-10-12/h3,8,10-11H,4-7,9H2,1-2H3,(H,18,19). The number of thiophene rings is 1. The third-order valence-corrected chi connectivity index (χ3v) is 4.61. The molecule has 1 atom stereocenters. The molecule has 2 rings (SSSR count). The van der Waals surface area contributed by atoms with Crippen LogP contribution in [-0.2, 0) is 6.54 Å². The molecule has 1 aliphatic rings. The molecule has 0 aromatic carbocycles. The van der Waals surface area contributed by atoms with Crippen molar-refractivity contribution in [3.8, 4) is 0 Å². The smallest absolute Gasteiger partial charge is 0.352 e. The van der Waals surface area contributed by atoms with Crippen molar-refractivity contribution in [3.05, 3.63) is 22.4 Å². The number of guanidine groups is 1. The molecule has 0 saturated carbocycles. The maximum Gasteiger partial charge on any atom is 0.403 e. The highest BCUT2D eigenvalue weighted by atomic mass is 32.1. The number of rotatable bonds is 3. The third kappa shape index (κ3) is 4.36. The monoisotopic (exact) mass is 334 g/mol. The summed E-state index contributed by atoms with van der Waals surface area (Å²) in [5.41, 5.74) is 1.18. The van der Waals surface area contributed by atoms with E-state index in [9.17, 15) is 13.2 Å². The first-order chi connectivity index (χ1) is 10.4. The van der Waals surface area contributed by atoms with Gasteiger partial charge in [0, 0.05) is 39.8 Å². The van der Waals surface area contributed by atoms with Crippen LogP contribution in [0.15, 0.2) is 21.8 Å². The lowest BCUT2D eigenvalue weighted by molar-refractivity contribution is -0.181. The van der Waals surface area contributed by atoms with Crippen molar-refractivity contribution in [3.63, 3.8) is 0 Å². The molecule has 0 aliphatic carbocycles. The number of alkyl halides is 3.